The molecule has 1 atom stereocenters. The molecule has 1 aromatic carbocycles. The minimum atomic E-state index is -0.223. The van der Waals surface area contributed by atoms with Crippen molar-refractivity contribution in [1.82, 2.24) is 20.0 Å². The Morgan fingerprint density at radius 2 is 2.00 bits per heavy atom. The third-order valence-electron chi connectivity index (χ3n) is 4.36. The molecule has 1 saturated heterocycles. The van der Waals surface area contributed by atoms with E-state index >= 15 is 0 Å². The number of hydrogen-bond acceptors (Lipinski definition) is 3. The fraction of sp³-hybridized carbons (Fsp3) is 0.412. The van der Waals surface area contributed by atoms with Gasteiger partial charge in [0.2, 0.25) is 0 Å². The molecule has 0 aliphatic carbocycles. The van der Waals surface area contributed by atoms with Crippen LogP contribution in [0.15, 0.2) is 35.1 Å². The van der Waals surface area contributed by atoms with Gasteiger partial charge in [0.05, 0.1) is 5.69 Å². The lowest BCUT2D eigenvalue weighted by Gasteiger charge is -2.32. The number of amides is 1. The number of likely N-dealkylation sites (N-methyl/N-ethyl adjacent to an activating group) is 1. The maximum Gasteiger partial charge on any atom is 0.272 e. The Balaban J connectivity index is 0.00000208. The number of H-pyrrole nitrogens is 1. The van der Waals surface area contributed by atoms with Crippen molar-refractivity contribution in [2.75, 3.05) is 20.1 Å². The van der Waals surface area contributed by atoms with Gasteiger partial charge in [0, 0.05) is 25.2 Å². The Morgan fingerprint density at radius 1 is 1.29 bits per heavy atom. The predicted molar refractivity (Wildman–Crippen MR) is 96.4 cm³/mol. The van der Waals surface area contributed by atoms with Gasteiger partial charge in [-0.05, 0) is 38.9 Å². The Bertz CT molecular complexity index is 751. The number of carbonyl (C=O) groups excluding carboxylic acids is 1. The highest BCUT2D eigenvalue weighted by Crippen LogP contribution is 2.13. The fourth-order valence-corrected chi connectivity index (χ4v) is 2.96. The summed E-state index contributed by atoms with van der Waals surface area (Å²) in [7, 11) is 1.91. The van der Waals surface area contributed by atoms with Gasteiger partial charge in [-0.3, -0.25) is 14.7 Å². The van der Waals surface area contributed by atoms with Crippen LogP contribution >= 0.6 is 12.4 Å². The second-order valence-corrected chi connectivity index (χ2v) is 6.06. The van der Waals surface area contributed by atoms with Crippen molar-refractivity contribution in [3.8, 4) is 5.69 Å². The molecule has 1 aliphatic rings. The molecule has 7 heteroatoms. The van der Waals surface area contributed by atoms with Gasteiger partial charge in [0.1, 0.15) is 5.69 Å². The molecular weight excluding hydrogens is 328 g/mol. The molecule has 2 heterocycles. The second-order valence-electron chi connectivity index (χ2n) is 6.06. The number of halogens is 1. The highest BCUT2D eigenvalue weighted by atomic mass is 35.5. The van der Waals surface area contributed by atoms with Gasteiger partial charge in [0.15, 0.2) is 0 Å². The van der Waals surface area contributed by atoms with E-state index in [2.05, 4.69) is 10.4 Å². The number of piperidine rings is 1. The molecule has 0 saturated carbocycles. The molecule has 1 aliphatic heterocycles. The summed E-state index contributed by atoms with van der Waals surface area (Å²) in [5.74, 6) is -0.118. The van der Waals surface area contributed by atoms with Crippen LogP contribution < -0.4 is 10.9 Å². The summed E-state index contributed by atoms with van der Waals surface area (Å²) in [4.78, 5) is 26.6. The molecule has 0 radical (unpaired) electrons. The van der Waals surface area contributed by atoms with E-state index in [4.69, 9.17) is 0 Å². The Hall–Kier alpha value is -2.05. The molecule has 0 bridgehead atoms. The SMILES string of the molecule is CNC1CCCN(C(=O)c2cc(=O)n(-c3ccc(C)cc3)[nH]2)C1.Cl. The molecule has 0 spiro atoms. The first-order valence-corrected chi connectivity index (χ1v) is 7.94. The molecule has 24 heavy (non-hydrogen) atoms. The van der Waals surface area contributed by atoms with E-state index < -0.39 is 0 Å². The van der Waals surface area contributed by atoms with Crippen molar-refractivity contribution in [3.05, 3.63) is 51.9 Å². The van der Waals surface area contributed by atoms with Crippen LogP contribution in [0.4, 0.5) is 0 Å². The number of aromatic nitrogens is 2. The highest BCUT2D eigenvalue weighted by Gasteiger charge is 2.25. The van der Waals surface area contributed by atoms with Crippen molar-refractivity contribution in [2.45, 2.75) is 25.8 Å². The van der Waals surface area contributed by atoms with Crippen LogP contribution in [0.1, 0.15) is 28.9 Å². The third kappa shape index (κ3) is 3.71. The monoisotopic (exact) mass is 350 g/mol. The Kier molecular flexibility index (Phi) is 5.85. The predicted octanol–water partition coefficient (Wildman–Crippen LogP) is 1.72. The molecule has 1 fully saturated rings. The number of hydrogen-bond donors (Lipinski definition) is 2. The third-order valence-corrected chi connectivity index (χ3v) is 4.36. The highest BCUT2D eigenvalue weighted by molar-refractivity contribution is 5.92. The first-order chi connectivity index (χ1) is 11.1. The molecule has 2 N–H and O–H groups in total. The first kappa shape index (κ1) is 18.3. The lowest BCUT2D eigenvalue weighted by Crippen LogP contribution is -2.47. The second kappa shape index (κ2) is 7.68. The largest absolute Gasteiger partial charge is 0.336 e. The van der Waals surface area contributed by atoms with Crippen LogP contribution in [-0.4, -0.2) is 46.8 Å². The topological polar surface area (TPSA) is 70.1 Å². The van der Waals surface area contributed by atoms with Gasteiger partial charge in [-0.2, -0.15) is 0 Å². The zero-order chi connectivity index (χ0) is 16.4. The van der Waals surface area contributed by atoms with Crippen LogP contribution in [0.2, 0.25) is 0 Å². The van der Waals surface area contributed by atoms with Crippen molar-refractivity contribution in [1.29, 1.82) is 0 Å². The minimum Gasteiger partial charge on any atom is -0.336 e. The number of aryl methyl sites for hydroxylation is 1. The molecule has 2 aromatic rings. The number of nitrogens with zero attached hydrogens (tertiary/aromatic N) is 2. The molecule has 1 amide bonds. The van der Waals surface area contributed by atoms with Gasteiger partial charge < -0.3 is 10.2 Å². The molecule has 130 valence electrons. The lowest BCUT2D eigenvalue weighted by molar-refractivity contribution is 0.0691. The van der Waals surface area contributed by atoms with E-state index in [0.717, 1.165) is 30.6 Å². The summed E-state index contributed by atoms with van der Waals surface area (Å²) < 4.78 is 1.41. The van der Waals surface area contributed by atoms with Gasteiger partial charge in [-0.15, -0.1) is 12.4 Å². The van der Waals surface area contributed by atoms with Crippen LogP contribution in [-0.2, 0) is 0 Å². The Morgan fingerprint density at radius 3 is 2.67 bits per heavy atom. The van der Waals surface area contributed by atoms with Gasteiger partial charge in [0.25, 0.3) is 11.5 Å². The quantitative estimate of drug-likeness (QED) is 0.885. The molecule has 1 aromatic heterocycles. The first-order valence-electron chi connectivity index (χ1n) is 7.94. The number of rotatable bonds is 3. The van der Waals surface area contributed by atoms with Gasteiger partial charge in [-0.25, -0.2) is 4.68 Å². The number of carbonyl (C=O) groups is 1. The molecule has 6 nitrogen and oxygen atoms in total. The molecule has 1 unspecified atom stereocenters. The summed E-state index contributed by atoms with van der Waals surface area (Å²) in [6, 6.07) is 9.29. The van der Waals surface area contributed by atoms with Crippen LogP contribution in [0.25, 0.3) is 5.69 Å². The number of aromatic amines is 1. The smallest absolute Gasteiger partial charge is 0.272 e. The summed E-state index contributed by atoms with van der Waals surface area (Å²) in [6.07, 6.45) is 2.04. The standard InChI is InChI=1S/C17H22N4O2.ClH/c1-12-5-7-14(8-6-12)21-16(22)10-15(19-21)17(23)20-9-3-4-13(11-20)18-2;/h5-8,10,13,18-19H,3-4,9,11H2,1-2H3;1H. The van der Waals surface area contributed by atoms with Crippen molar-refractivity contribution in [2.24, 2.45) is 0 Å². The Labute approximate surface area is 147 Å². The summed E-state index contributed by atoms with van der Waals surface area (Å²) in [5, 5.41) is 6.16. The van der Waals surface area contributed by atoms with Crippen molar-refractivity contribution >= 4 is 18.3 Å². The average molecular weight is 351 g/mol. The fourth-order valence-electron chi connectivity index (χ4n) is 2.96. The van der Waals surface area contributed by atoms with Crippen LogP contribution in [0.3, 0.4) is 0 Å². The van der Waals surface area contributed by atoms with Crippen LogP contribution in [0, 0.1) is 6.92 Å². The zero-order valence-corrected chi connectivity index (χ0v) is 14.7. The number of nitrogens with one attached hydrogen (secondary N) is 2. The number of benzene rings is 1. The molecule has 3 rings (SSSR count). The van der Waals surface area contributed by atoms with E-state index in [-0.39, 0.29) is 23.9 Å². The minimum absolute atomic E-state index is 0. The number of likely N-dealkylation sites (tertiary alicyclic amines) is 1. The summed E-state index contributed by atoms with van der Waals surface area (Å²) >= 11 is 0. The van der Waals surface area contributed by atoms with E-state index in [0.29, 0.717) is 18.3 Å². The van der Waals surface area contributed by atoms with Crippen LogP contribution in [0.5, 0.6) is 0 Å². The molecular formula is C17H23ClN4O2. The normalized spacial score (nSPS) is 17.4. The maximum atomic E-state index is 12.6. The van der Waals surface area contributed by atoms with E-state index in [1.807, 2.05) is 38.2 Å². The summed E-state index contributed by atoms with van der Waals surface area (Å²) in [5.41, 5.74) is 1.97. The van der Waals surface area contributed by atoms with E-state index in [9.17, 15) is 9.59 Å². The van der Waals surface area contributed by atoms with Gasteiger partial charge >= 0.3 is 0 Å². The van der Waals surface area contributed by atoms with E-state index in [1.165, 1.54) is 10.7 Å². The average Bonchev–Trinajstić information content (AvgIpc) is 2.97. The zero-order valence-electron chi connectivity index (χ0n) is 13.9. The summed E-state index contributed by atoms with van der Waals surface area (Å²) in [6.45, 7) is 3.40. The van der Waals surface area contributed by atoms with Crippen molar-refractivity contribution in [3.63, 3.8) is 0 Å². The maximum absolute atomic E-state index is 12.6. The van der Waals surface area contributed by atoms with Gasteiger partial charge in [-0.1, -0.05) is 17.7 Å². The van der Waals surface area contributed by atoms with Crippen molar-refractivity contribution < 1.29 is 4.79 Å². The lowest BCUT2D eigenvalue weighted by atomic mass is 10.1. The van der Waals surface area contributed by atoms with E-state index in [1.54, 1.807) is 4.90 Å².